The molecule has 48 heavy (non-hydrogen) atoms. The molecular weight excluding hydrogens is 651 g/mol. The topological polar surface area (TPSA) is 116 Å². The number of nitrogens with one attached hydrogen (secondary N) is 1. The summed E-state index contributed by atoms with van der Waals surface area (Å²) in [4.78, 5) is 57.1. The molecule has 0 radical (unpaired) electrons. The van der Waals surface area contributed by atoms with Crippen LogP contribution in [0.5, 0.6) is 17.2 Å². The summed E-state index contributed by atoms with van der Waals surface area (Å²) in [5.41, 5.74) is 2.14. The lowest BCUT2D eigenvalue weighted by molar-refractivity contribution is -0.123. The molecule has 7 atom stereocenters. The Morgan fingerprint density at radius 3 is 2.25 bits per heavy atom. The van der Waals surface area contributed by atoms with Crippen molar-refractivity contribution in [3.8, 4) is 17.2 Å². The van der Waals surface area contributed by atoms with E-state index in [4.69, 9.17) is 14.2 Å². The van der Waals surface area contributed by atoms with Gasteiger partial charge in [0.25, 0.3) is 0 Å². The van der Waals surface area contributed by atoms with Crippen molar-refractivity contribution in [2.24, 2.45) is 29.6 Å². The van der Waals surface area contributed by atoms with Crippen LogP contribution in [0.1, 0.15) is 22.8 Å². The van der Waals surface area contributed by atoms with Gasteiger partial charge < -0.3 is 19.5 Å². The van der Waals surface area contributed by atoms with Gasteiger partial charge in [-0.3, -0.25) is 28.6 Å². The summed E-state index contributed by atoms with van der Waals surface area (Å²) in [6.07, 6.45) is 0.763. The Hall–Kier alpha value is -4.55. The summed E-state index contributed by atoms with van der Waals surface area (Å²) < 4.78 is 18.0. The number of nitrogens with zero attached hydrogens (tertiary/aromatic N) is 2. The van der Waals surface area contributed by atoms with E-state index in [2.05, 4.69) is 5.32 Å². The highest BCUT2D eigenvalue weighted by atomic mass is 32.2. The van der Waals surface area contributed by atoms with E-state index in [9.17, 15) is 19.2 Å². The van der Waals surface area contributed by atoms with Gasteiger partial charge in [-0.1, -0.05) is 35.6 Å². The molecule has 4 aromatic rings. The molecule has 8 rings (SSSR count). The molecule has 2 bridgehead atoms. The Balaban J connectivity index is 1.19. The normalized spacial score (nSPS) is 26.6. The van der Waals surface area contributed by atoms with Crippen molar-refractivity contribution >= 4 is 52.2 Å². The van der Waals surface area contributed by atoms with Crippen molar-refractivity contribution in [2.75, 3.05) is 31.5 Å². The maximum atomic E-state index is 14.1. The lowest BCUT2D eigenvalue weighted by atomic mass is 9.68. The van der Waals surface area contributed by atoms with Crippen LogP contribution in [-0.4, -0.2) is 48.9 Å². The standard InChI is InChI=1S/C36H33N3O7S2/c1-44-21-12-10-19(11-13-21)37-26(40)17-38-35-32(48-36(38)43)27(18-9-14-24(45-2)25(15-18)46-3)28-22-16-23(31(28)47-35)30-29(22)33(41)39(34(30)42)20-7-5-4-6-8-20/h4-15,22-23,27-31H,16-17H2,1-3H3,(H,37,40). The Bertz CT molecular complexity index is 1990. The molecule has 2 aliphatic heterocycles. The summed E-state index contributed by atoms with van der Waals surface area (Å²) in [6.45, 7) is -0.154. The second-order valence-electron chi connectivity index (χ2n) is 12.6. The maximum absolute atomic E-state index is 14.1. The van der Waals surface area contributed by atoms with E-state index < -0.39 is 11.8 Å². The fourth-order valence-corrected chi connectivity index (χ4v) is 11.7. The molecule has 1 N–H and O–H groups in total. The first-order valence-electron chi connectivity index (χ1n) is 15.8. The van der Waals surface area contributed by atoms with E-state index in [1.165, 1.54) is 4.90 Å². The van der Waals surface area contributed by atoms with Gasteiger partial charge in [0.15, 0.2) is 11.5 Å². The Morgan fingerprint density at radius 1 is 0.854 bits per heavy atom. The van der Waals surface area contributed by atoms with Crippen LogP contribution < -0.4 is 29.3 Å². The highest BCUT2D eigenvalue weighted by Crippen LogP contribution is 2.69. The van der Waals surface area contributed by atoms with Gasteiger partial charge in [-0.05, 0) is 78.3 Å². The number of carbonyl (C=O) groups is 3. The first-order valence-corrected chi connectivity index (χ1v) is 17.5. The monoisotopic (exact) mass is 683 g/mol. The highest BCUT2D eigenvalue weighted by Gasteiger charge is 2.69. The number of carbonyl (C=O) groups excluding carboxylic acids is 3. The SMILES string of the molecule is COc1ccc(NC(=O)Cn2c3c(sc2=O)C(c2ccc(OC)c(OC)c2)C2C4CC(C2S3)C2C(=O)N(c3ccccc3)C(=O)C42)cc1. The molecule has 3 aromatic carbocycles. The molecule has 2 saturated carbocycles. The van der Waals surface area contributed by atoms with Gasteiger partial charge in [-0.2, -0.15) is 0 Å². The zero-order valence-corrected chi connectivity index (χ0v) is 28.1. The van der Waals surface area contributed by atoms with Gasteiger partial charge in [-0.25, -0.2) is 0 Å². The summed E-state index contributed by atoms with van der Waals surface area (Å²) in [5, 5.41) is 3.61. The van der Waals surface area contributed by atoms with E-state index in [0.717, 1.165) is 33.2 Å². The molecule has 1 aromatic heterocycles. The van der Waals surface area contributed by atoms with Gasteiger partial charge in [-0.15, -0.1) is 11.8 Å². The number of ether oxygens (including phenoxy) is 3. The molecule has 2 aliphatic carbocycles. The number of imide groups is 1. The van der Waals surface area contributed by atoms with Crippen LogP contribution in [-0.2, 0) is 20.9 Å². The average molecular weight is 684 g/mol. The van der Waals surface area contributed by atoms with Crippen LogP contribution >= 0.6 is 23.1 Å². The van der Waals surface area contributed by atoms with E-state index in [1.807, 2.05) is 36.4 Å². The first kappa shape index (κ1) is 30.8. The third kappa shape index (κ3) is 4.67. The number of thiazole rings is 1. The number of hydrogen-bond acceptors (Lipinski definition) is 9. The number of aromatic nitrogens is 1. The van der Waals surface area contributed by atoms with E-state index in [1.54, 1.807) is 74.1 Å². The smallest absolute Gasteiger partial charge is 0.308 e. The van der Waals surface area contributed by atoms with Crippen molar-refractivity contribution < 1.29 is 28.6 Å². The van der Waals surface area contributed by atoms with E-state index >= 15 is 0 Å². The van der Waals surface area contributed by atoms with Gasteiger partial charge >= 0.3 is 4.87 Å². The van der Waals surface area contributed by atoms with Crippen molar-refractivity contribution in [1.29, 1.82) is 0 Å². The molecule has 0 spiro atoms. The summed E-state index contributed by atoms with van der Waals surface area (Å²) in [7, 11) is 4.75. The summed E-state index contributed by atoms with van der Waals surface area (Å²) >= 11 is 2.75. The summed E-state index contributed by atoms with van der Waals surface area (Å²) in [5.74, 6) is 0.0743. The van der Waals surface area contributed by atoms with Crippen LogP contribution in [0.3, 0.4) is 0 Å². The number of methoxy groups -OCH3 is 3. The van der Waals surface area contributed by atoms with Gasteiger partial charge in [0.1, 0.15) is 12.3 Å². The summed E-state index contributed by atoms with van der Waals surface area (Å²) in [6, 6.07) is 22.0. The lowest BCUT2D eigenvalue weighted by Gasteiger charge is -2.43. The number of para-hydroxylation sites is 1. The second kappa shape index (κ2) is 11.9. The Morgan fingerprint density at radius 2 is 1.56 bits per heavy atom. The first-order chi connectivity index (χ1) is 23.3. The van der Waals surface area contributed by atoms with E-state index in [-0.39, 0.29) is 58.1 Å². The molecule has 3 fully saturated rings. The predicted octanol–water partition coefficient (Wildman–Crippen LogP) is 5.25. The van der Waals surface area contributed by atoms with Crippen molar-refractivity contribution in [2.45, 2.75) is 29.2 Å². The van der Waals surface area contributed by atoms with Crippen LogP contribution in [0.15, 0.2) is 82.6 Å². The van der Waals surface area contributed by atoms with Gasteiger partial charge in [0.2, 0.25) is 17.7 Å². The number of fused-ring (bicyclic) bond motifs is 9. The van der Waals surface area contributed by atoms with Gasteiger partial charge in [0.05, 0.1) is 43.9 Å². The predicted molar refractivity (Wildman–Crippen MR) is 182 cm³/mol. The molecule has 1 saturated heterocycles. The lowest BCUT2D eigenvalue weighted by Crippen LogP contribution is -2.43. The number of rotatable bonds is 8. The third-order valence-corrected chi connectivity index (χ3v) is 13.2. The van der Waals surface area contributed by atoms with Crippen molar-refractivity contribution in [3.05, 3.63) is 92.9 Å². The molecule has 246 valence electrons. The van der Waals surface area contributed by atoms with E-state index in [0.29, 0.717) is 28.6 Å². The Labute approximate surface area is 285 Å². The van der Waals surface area contributed by atoms with Gasteiger partial charge in [0, 0.05) is 21.7 Å². The molecular formula is C36H33N3O7S2. The zero-order valence-electron chi connectivity index (χ0n) is 26.5. The zero-order chi connectivity index (χ0) is 33.3. The number of hydrogen-bond donors (Lipinski definition) is 1. The number of anilines is 2. The van der Waals surface area contributed by atoms with Crippen LogP contribution in [0, 0.1) is 29.6 Å². The molecule has 12 heteroatoms. The second-order valence-corrected chi connectivity index (χ2v) is 14.8. The fraction of sp³-hybridized carbons (Fsp3) is 0.333. The molecule has 3 amide bonds. The minimum Gasteiger partial charge on any atom is -0.497 e. The van der Waals surface area contributed by atoms with Crippen LogP contribution in [0.25, 0.3) is 0 Å². The molecule has 4 aliphatic rings. The van der Waals surface area contributed by atoms with Crippen molar-refractivity contribution in [3.63, 3.8) is 0 Å². The number of benzene rings is 3. The quantitative estimate of drug-likeness (QED) is 0.251. The van der Waals surface area contributed by atoms with Crippen LogP contribution in [0.2, 0.25) is 0 Å². The minimum absolute atomic E-state index is 0.000972. The number of thioether (sulfide) groups is 1. The highest BCUT2D eigenvalue weighted by molar-refractivity contribution is 8.00. The Kier molecular flexibility index (Phi) is 7.59. The average Bonchev–Trinajstić information content (AvgIpc) is 3.83. The third-order valence-electron chi connectivity index (χ3n) is 10.4. The number of amides is 3. The fourth-order valence-electron chi connectivity index (χ4n) is 8.52. The molecule has 7 unspecified atom stereocenters. The minimum atomic E-state index is -0.416. The maximum Gasteiger partial charge on any atom is 0.308 e. The van der Waals surface area contributed by atoms with Crippen molar-refractivity contribution in [1.82, 2.24) is 4.57 Å². The molecule has 3 heterocycles. The van der Waals surface area contributed by atoms with Crippen LogP contribution in [0.4, 0.5) is 11.4 Å². The largest absolute Gasteiger partial charge is 0.497 e. The molecule has 10 nitrogen and oxygen atoms in total.